The SMILES string of the molecule is CC(=O)O/N=C(\C(=O)c1ccc(Sc2ccc(C(=O)c3ccc(-c4ccccc4)cc3)cc2)cc1)c1ccccc1C. The van der Waals surface area contributed by atoms with Crippen molar-refractivity contribution in [2.24, 2.45) is 5.16 Å². The van der Waals surface area contributed by atoms with E-state index in [-0.39, 0.29) is 17.3 Å². The van der Waals surface area contributed by atoms with Crippen LogP contribution in [0, 0.1) is 6.92 Å². The lowest BCUT2D eigenvalue weighted by atomic mass is 9.97. The highest BCUT2D eigenvalue weighted by Gasteiger charge is 2.20. The normalized spacial score (nSPS) is 11.1. The fourth-order valence-corrected chi connectivity index (χ4v) is 5.21. The van der Waals surface area contributed by atoms with Gasteiger partial charge in [0.05, 0.1) is 0 Å². The molecule has 42 heavy (non-hydrogen) atoms. The number of aryl methyl sites for hydroxylation is 1. The van der Waals surface area contributed by atoms with Crippen molar-refractivity contribution in [1.82, 2.24) is 0 Å². The smallest absolute Gasteiger partial charge is 0.318 e. The van der Waals surface area contributed by atoms with Gasteiger partial charge in [-0.3, -0.25) is 9.59 Å². The molecule has 0 unspecified atom stereocenters. The Morgan fingerprint density at radius 1 is 0.595 bits per heavy atom. The number of benzene rings is 5. The Labute approximate surface area is 248 Å². The summed E-state index contributed by atoms with van der Waals surface area (Å²) in [6.07, 6.45) is 0. The molecule has 0 amide bonds. The second-order valence-corrected chi connectivity index (χ2v) is 10.7. The van der Waals surface area contributed by atoms with Crippen molar-refractivity contribution in [3.8, 4) is 11.1 Å². The molecule has 0 heterocycles. The maximum Gasteiger partial charge on any atom is 0.332 e. The molecular formula is C36H27NO4S. The van der Waals surface area contributed by atoms with Gasteiger partial charge in [-0.2, -0.15) is 0 Å². The molecule has 206 valence electrons. The number of oxime groups is 1. The van der Waals surface area contributed by atoms with E-state index in [0.29, 0.717) is 22.3 Å². The quantitative estimate of drug-likeness (QED) is 0.0774. The van der Waals surface area contributed by atoms with Crippen LogP contribution in [0.4, 0.5) is 0 Å². The van der Waals surface area contributed by atoms with Crippen molar-refractivity contribution in [1.29, 1.82) is 0 Å². The summed E-state index contributed by atoms with van der Waals surface area (Å²) in [5.74, 6) is -0.981. The van der Waals surface area contributed by atoms with E-state index in [9.17, 15) is 14.4 Å². The number of hydrogen-bond acceptors (Lipinski definition) is 6. The first-order valence-corrected chi connectivity index (χ1v) is 14.1. The number of hydrogen-bond donors (Lipinski definition) is 0. The Balaban J connectivity index is 1.26. The molecule has 0 aliphatic carbocycles. The Morgan fingerprint density at radius 3 is 1.67 bits per heavy atom. The molecule has 0 saturated carbocycles. The van der Waals surface area contributed by atoms with Crippen molar-refractivity contribution in [3.63, 3.8) is 0 Å². The summed E-state index contributed by atoms with van der Waals surface area (Å²) >= 11 is 1.52. The summed E-state index contributed by atoms with van der Waals surface area (Å²) in [4.78, 5) is 44.5. The van der Waals surface area contributed by atoms with Gasteiger partial charge in [-0.25, -0.2) is 4.79 Å². The first-order valence-electron chi connectivity index (χ1n) is 13.3. The predicted molar refractivity (Wildman–Crippen MR) is 166 cm³/mol. The number of carbonyl (C=O) groups excluding carboxylic acids is 3. The lowest BCUT2D eigenvalue weighted by Crippen LogP contribution is -2.18. The minimum Gasteiger partial charge on any atom is -0.318 e. The van der Waals surface area contributed by atoms with Crippen LogP contribution in [-0.4, -0.2) is 23.2 Å². The van der Waals surface area contributed by atoms with Gasteiger partial charge in [0, 0.05) is 39.0 Å². The van der Waals surface area contributed by atoms with E-state index in [1.54, 1.807) is 24.3 Å². The zero-order valence-corrected chi connectivity index (χ0v) is 23.9. The number of Topliss-reactive ketones (excluding diaryl/α,β-unsaturated/α-hetero) is 1. The number of nitrogens with zero attached hydrogens (tertiary/aromatic N) is 1. The lowest BCUT2D eigenvalue weighted by Gasteiger charge is -2.09. The van der Waals surface area contributed by atoms with E-state index in [1.807, 2.05) is 110 Å². The lowest BCUT2D eigenvalue weighted by molar-refractivity contribution is -0.140. The van der Waals surface area contributed by atoms with Gasteiger partial charge < -0.3 is 4.84 Å². The van der Waals surface area contributed by atoms with Crippen LogP contribution < -0.4 is 0 Å². The number of ketones is 2. The third-order valence-corrected chi connectivity index (χ3v) is 7.62. The Bertz CT molecular complexity index is 1760. The maximum atomic E-state index is 13.3. The van der Waals surface area contributed by atoms with Crippen molar-refractivity contribution in [2.75, 3.05) is 0 Å². The first kappa shape index (κ1) is 28.5. The van der Waals surface area contributed by atoms with E-state index in [4.69, 9.17) is 4.84 Å². The molecule has 0 N–H and O–H groups in total. The minimum absolute atomic E-state index is 0.0334. The summed E-state index contributed by atoms with van der Waals surface area (Å²) < 4.78 is 0. The zero-order valence-electron chi connectivity index (χ0n) is 23.1. The van der Waals surface area contributed by atoms with Crippen LogP contribution in [0.3, 0.4) is 0 Å². The third kappa shape index (κ3) is 6.79. The Kier molecular flexibility index (Phi) is 8.85. The molecule has 5 nitrogen and oxygen atoms in total. The summed E-state index contributed by atoms with van der Waals surface area (Å²) in [6, 6.07) is 39.7. The summed E-state index contributed by atoms with van der Waals surface area (Å²) in [5, 5.41) is 3.87. The summed E-state index contributed by atoms with van der Waals surface area (Å²) in [7, 11) is 0. The van der Waals surface area contributed by atoms with E-state index in [0.717, 1.165) is 26.5 Å². The Morgan fingerprint density at radius 2 is 1.10 bits per heavy atom. The van der Waals surface area contributed by atoms with Gasteiger partial charge in [0.15, 0.2) is 11.5 Å². The second kappa shape index (κ2) is 13.1. The van der Waals surface area contributed by atoms with E-state index >= 15 is 0 Å². The number of carbonyl (C=O) groups is 3. The molecule has 6 heteroatoms. The van der Waals surface area contributed by atoms with Crippen LogP contribution in [0.2, 0.25) is 0 Å². The third-order valence-electron chi connectivity index (χ3n) is 6.60. The van der Waals surface area contributed by atoms with Crippen LogP contribution >= 0.6 is 11.8 Å². The van der Waals surface area contributed by atoms with Gasteiger partial charge >= 0.3 is 5.97 Å². The van der Waals surface area contributed by atoms with Gasteiger partial charge in [0.1, 0.15) is 0 Å². The average molecular weight is 570 g/mol. The molecule has 0 saturated heterocycles. The molecule has 0 aromatic heterocycles. The molecule has 0 spiro atoms. The second-order valence-electron chi connectivity index (χ2n) is 9.59. The van der Waals surface area contributed by atoms with Gasteiger partial charge in [-0.1, -0.05) is 95.8 Å². The molecule has 5 aromatic rings. The average Bonchev–Trinajstić information content (AvgIpc) is 3.02. The number of rotatable bonds is 9. The molecule has 0 atom stereocenters. The van der Waals surface area contributed by atoms with E-state index in [1.165, 1.54) is 18.7 Å². The largest absolute Gasteiger partial charge is 0.332 e. The molecule has 0 aliphatic rings. The van der Waals surface area contributed by atoms with Crippen LogP contribution in [0.1, 0.15) is 44.3 Å². The fourth-order valence-electron chi connectivity index (χ4n) is 4.39. The van der Waals surface area contributed by atoms with Crippen molar-refractivity contribution < 1.29 is 19.2 Å². The molecular weight excluding hydrogens is 542 g/mol. The van der Waals surface area contributed by atoms with Crippen LogP contribution in [0.15, 0.2) is 142 Å². The molecule has 0 radical (unpaired) electrons. The molecule has 5 rings (SSSR count). The molecule has 5 aromatic carbocycles. The standard InChI is InChI=1S/C36H27NO4S/c1-24-8-6-7-11-33(24)34(37-41-25(2)38)36(40)30-18-22-32(23-19-30)42-31-20-16-29(17-21-31)35(39)28-14-12-27(13-15-28)26-9-4-3-5-10-26/h3-23H,1-2H3/b37-34-. The van der Waals surface area contributed by atoms with Crippen LogP contribution in [0.25, 0.3) is 11.1 Å². The molecule has 0 bridgehead atoms. The van der Waals surface area contributed by atoms with E-state index < -0.39 is 5.97 Å². The van der Waals surface area contributed by atoms with Gasteiger partial charge in [0.25, 0.3) is 0 Å². The van der Waals surface area contributed by atoms with Gasteiger partial charge in [-0.05, 0) is 72.1 Å². The summed E-state index contributed by atoms with van der Waals surface area (Å²) in [5.41, 5.74) is 5.36. The highest BCUT2D eigenvalue weighted by Crippen LogP contribution is 2.29. The molecule has 0 fully saturated rings. The molecule has 0 aliphatic heterocycles. The first-order chi connectivity index (χ1) is 20.4. The van der Waals surface area contributed by atoms with Gasteiger partial charge in [0.2, 0.25) is 5.78 Å². The summed E-state index contributed by atoms with van der Waals surface area (Å²) in [6.45, 7) is 3.10. The monoisotopic (exact) mass is 569 g/mol. The minimum atomic E-state index is -0.602. The maximum absolute atomic E-state index is 13.3. The van der Waals surface area contributed by atoms with Gasteiger partial charge in [-0.15, -0.1) is 0 Å². The predicted octanol–water partition coefficient (Wildman–Crippen LogP) is 8.19. The Hall–Kier alpha value is -5.07. The highest BCUT2D eigenvalue weighted by atomic mass is 32.2. The zero-order chi connectivity index (χ0) is 29.5. The highest BCUT2D eigenvalue weighted by molar-refractivity contribution is 7.99. The van der Waals surface area contributed by atoms with Crippen molar-refractivity contribution in [2.45, 2.75) is 23.6 Å². The van der Waals surface area contributed by atoms with Crippen LogP contribution in [0.5, 0.6) is 0 Å². The topological polar surface area (TPSA) is 72.8 Å². The fraction of sp³-hybridized carbons (Fsp3) is 0.0556. The van der Waals surface area contributed by atoms with Crippen molar-refractivity contribution >= 4 is 35.0 Å². The van der Waals surface area contributed by atoms with Crippen LogP contribution in [-0.2, 0) is 9.63 Å². The van der Waals surface area contributed by atoms with Crippen molar-refractivity contribution in [3.05, 3.63) is 155 Å². The van der Waals surface area contributed by atoms with E-state index in [2.05, 4.69) is 5.16 Å².